The van der Waals surface area contributed by atoms with E-state index in [1.54, 1.807) is 11.7 Å². The van der Waals surface area contributed by atoms with Crippen molar-refractivity contribution in [2.45, 2.75) is 76.6 Å². The molecule has 0 saturated carbocycles. The van der Waals surface area contributed by atoms with Crippen LogP contribution in [-0.4, -0.2) is 66.6 Å². The normalized spacial score (nSPS) is 19.7. The minimum Gasteiger partial charge on any atom is -0.489 e. The molecule has 0 aliphatic carbocycles. The van der Waals surface area contributed by atoms with Crippen LogP contribution in [0, 0.1) is 5.82 Å². The van der Waals surface area contributed by atoms with Crippen LogP contribution in [0.2, 0.25) is 0 Å². The quantitative estimate of drug-likeness (QED) is 0.419. The van der Waals surface area contributed by atoms with Crippen LogP contribution in [0.15, 0.2) is 24.4 Å². The van der Waals surface area contributed by atoms with Gasteiger partial charge in [-0.25, -0.2) is 14.1 Å². The molecule has 0 unspecified atom stereocenters. The lowest BCUT2D eigenvalue weighted by Crippen LogP contribution is -2.60. The molecule has 0 radical (unpaired) electrons. The molecule has 5 rings (SSSR count). The molecule has 0 bridgehead atoms. The summed E-state index contributed by atoms with van der Waals surface area (Å²) < 4.78 is 28.1. The van der Waals surface area contributed by atoms with E-state index in [1.165, 1.54) is 6.20 Å². The SMILES string of the molecule is Cn1nnnc1-c1cc(Nc2ncc(F)c(NC3CC(C)(C)NC(C)(C)C3)n2)ccc1OC1CCOCC1. The van der Waals surface area contributed by atoms with E-state index >= 15 is 0 Å². The first-order chi connectivity index (χ1) is 18.1. The Balaban J connectivity index is 1.37. The number of rotatable bonds is 7. The second-order valence-electron chi connectivity index (χ2n) is 11.4. The van der Waals surface area contributed by atoms with Crippen molar-refractivity contribution in [2.75, 3.05) is 23.8 Å². The van der Waals surface area contributed by atoms with E-state index in [2.05, 4.69) is 69.1 Å². The Kier molecular flexibility index (Phi) is 7.19. The summed E-state index contributed by atoms with van der Waals surface area (Å²) in [5.41, 5.74) is 1.27. The first kappa shape index (κ1) is 26.2. The number of hydrogen-bond acceptors (Lipinski definition) is 10. The molecular formula is C26H36FN9O2. The van der Waals surface area contributed by atoms with Crippen LogP contribution in [0.1, 0.15) is 53.4 Å². The fraction of sp³-hybridized carbons (Fsp3) is 0.577. The highest BCUT2D eigenvalue weighted by atomic mass is 19.1. The third-order valence-corrected chi connectivity index (χ3v) is 6.83. The number of benzene rings is 1. The summed E-state index contributed by atoms with van der Waals surface area (Å²) in [4.78, 5) is 8.63. The number of aromatic nitrogens is 6. The Labute approximate surface area is 221 Å². The first-order valence-electron chi connectivity index (χ1n) is 13.0. The number of nitrogens with zero attached hydrogens (tertiary/aromatic N) is 6. The highest BCUT2D eigenvalue weighted by molar-refractivity contribution is 5.71. The van der Waals surface area contributed by atoms with Crippen molar-refractivity contribution in [3.8, 4) is 17.1 Å². The maximum atomic E-state index is 14.7. The van der Waals surface area contributed by atoms with Crippen molar-refractivity contribution in [2.24, 2.45) is 7.05 Å². The molecule has 0 spiro atoms. The van der Waals surface area contributed by atoms with Crippen LogP contribution >= 0.6 is 0 Å². The van der Waals surface area contributed by atoms with Crippen LogP contribution < -0.4 is 20.7 Å². The monoisotopic (exact) mass is 525 g/mol. The number of tetrazole rings is 1. The summed E-state index contributed by atoms with van der Waals surface area (Å²) >= 11 is 0. The molecule has 3 N–H and O–H groups in total. The predicted octanol–water partition coefficient (Wildman–Crippen LogP) is 3.83. The van der Waals surface area contributed by atoms with Crippen molar-refractivity contribution >= 4 is 17.5 Å². The van der Waals surface area contributed by atoms with Gasteiger partial charge in [0, 0.05) is 42.7 Å². The van der Waals surface area contributed by atoms with Crippen molar-refractivity contribution in [3.05, 3.63) is 30.2 Å². The number of aryl methyl sites for hydroxylation is 1. The molecule has 2 aliphatic rings. The fourth-order valence-corrected chi connectivity index (χ4v) is 5.59. The number of halogens is 1. The molecule has 38 heavy (non-hydrogen) atoms. The third-order valence-electron chi connectivity index (χ3n) is 6.83. The van der Waals surface area contributed by atoms with Crippen LogP contribution in [0.25, 0.3) is 11.4 Å². The van der Waals surface area contributed by atoms with Gasteiger partial charge in [-0.2, -0.15) is 4.98 Å². The van der Waals surface area contributed by atoms with Gasteiger partial charge < -0.3 is 25.4 Å². The topological polar surface area (TPSA) is 124 Å². The lowest BCUT2D eigenvalue weighted by molar-refractivity contribution is 0.0258. The molecule has 12 heteroatoms. The van der Waals surface area contributed by atoms with E-state index in [1.807, 2.05) is 18.2 Å². The lowest BCUT2D eigenvalue weighted by Gasteiger charge is -2.46. The molecule has 204 valence electrons. The van der Waals surface area contributed by atoms with E-state index in [9.17, 15) is 4.39 Å². The van der Waals surface area contributed by atoms with Gasteiger partial charge in [0.05, 0.1) is 25.0 Å². The summed E-state index contributed by atoms with van der Waals surface area (Å²) in [5, 5.41) is 22.1. The van der Waals surface area contributed by atoms with Crippen molar-refractivity contribution < 1.29 is 13.9 Å². The number of anilines is 3. The highest BCUT2D eigenvalue weighted by Gasteiger charge is 2.38. The van der Waals surface area contributed by atoms with Gasteiger partial charge in [-0.3, -0.25) is 0 Å². The van der Waals surface area contributed by atoms with Crippen LogP contribution in [0.4, 0.5) is 21.8 Å². The Morgan fingerprint density at radius 1 is 1.13 bits per heavy atom. The summed E-state index contributed by atoms with van der Waals surface area (Å²) in [6.07, 6.45) is 4.56. The average Bonchev–Trinajstić information content (AvgIpc) is 3.26. The molecule has 3 aromatic rings. The van der Waals surface area contributed by atoms with E-state index in [0.29, 0.717) is 30.5 Å². The zero-order valence-electron chi connectivity index (χ0n) is 22.6. The zero-order valence-corrected chi connectivity index (χ0v) is 22.6. The maximum absolute atomic E-state index is 14.7. The largest absolute Gasteiger partial charge is 0.489 e. The van der Waals surface area contributed by atoms with Gasteiger partial charge in [0.2, 0.25) is 5.95 Å². The molecule has 2 fully saturated rings. The molecule has 2 aliphatic heterocycles. The smallest absolute Gasteiger partial charge is 0.229 e. The zero-order chi connectivity index (χ0) is 26.9. The van der Waals surface area contributed by atoms with Gasteiger partial charge in [-0.05, 0) is 69.2 Å². The summed E-state index contributed by atoms with van der Waals surface area (Å²) in [5.74, 6) is 1.21. The number of ether oxygens (including phenoxy) is 2. The van der Waals surface area contributed by atoms with Crippen LogP contribution in [0.5, 0.6) is 5.75 Å². The molecule has 1 aromatic carbocycles. The van der Waals surface area contributed by atoms with Gasteiger partial charge in [0.15, 0.2) is 17.5 Å². The Hall–Kier alpha value is -3.38. The summed E-state index contributed by atoms with van der Waals surface area (Å²) in [6, 6.07) is 5.71. The van der Waals surface area contributed by atoms with Crippen LogP contribution in [0.3, 0.4) is 0 Å². The highest BCUT2D eigenvalue weighted by Crippen LogP contribution is 2.34. The minimum atomic E-state index is -0.490. The Morgan fingerprint density at radius 3 is 2.55 bits per heavy atom. The molecule has 11 nitrogen and oxygen atoms in total. The lowest BCUT2D eigenvalue weighted by atomic mass is 9.79. The van der Waals surface area contributed by atoms with Gasteiger partial charge in [-0.15, -0.1) is 5.10 Å². The summed E-state index contributed by atoms with van der Waals surface area (Å²) in [6.45, 7) is 9.99. The van der Waals surface area contributed by atoms with E-state index < -0.39 is 5.82 Å². The average molecular weight is 526 g/mol. The molecule has 4 heterocycles. The maximum Gasteiger partial charge on any atom is 0.229 e. The fourth-order valence-electron chi connectivity index (χ4n) is 5.59. The molecule has 0 amide bonds. The van der Waals surface area contributed by atoms with E-state index in [4.69, 9.17) is 9.47 Å². The molecule has 2 saturated heterocycles. The minimum absolute atomic E-state index is 0.0569. The van der Waals surface area contributed by atoms with E-state index in [0.717, 1.165) is 31.2 Å². The Bertz CT molecular complexity index is 1260. The predicted molar refractivity (Wildman–Crippen MR) is 142 cm³/mol. The number of nitrogens with one attached hydrogen (secondary N) is 3. The molecular weight excluding hydrogens is 489 g/mol. The van der Waals surface area contributed by atoms with Crippen LogP contribution in [-0.2, 0) is 11.8 Å². The summed E-state index contributed by atoms with van der Waals surface area (Å²) in [7, 11) is 1.78. The second kappa shape index (κ2) is 10.4. The number of hydrogen-bond donors (Lipinski definition) is 3. The molecule has 2 aromatic heterocycles. The van der Waals surface area contributed by atoms with Crippen molar-refractivity contribution in [1.29, 1.82) is 0 Å². The standard InChI is InChI=1S/C26H36FN9O2/c1-25(2)13-17(14-26(3,4)33-25)29-22-20(27)15-28-24(31-22)30-16-6-7-21(38-18-8-10-37-11-9-18)19(12-16)23-32-34-35-36(23)5/h6-7,12,15,17-18,33H,8-11,13-14H2,1-5H3,(H2,28,29,30,31). The number of piperidine rings is 1. The third kappa shape index (κ3) is 6.18. The van der Waals surface area contributed by atoms with Gasteiger partial charge in [0.25, 0.3) is 0 Å². The second-order valence-corrected chi connectivity index (χ2v) is 11.4. The first-order valence-corrected chi connectivity index (χ1v) is 13.0. The van der Waals surface area contributed by atoms with Crippen molar-refractivity contribution in [3.63, 3.8) is 0 Å². The van der Waals surface area contributed by atoms with Gasteiger partial charge in [-0.1, -0.05) is 0 Å². The van der Waals surface area contributed by atoms with E-state index in [-0.39, 0.29) is 35.0 Å². The molecule has 0 atom stereocenters. The van der Waals surface area contributed by atoms with Gasteiger partial charge in [0.1, 0.15) is 11.9 Å². The Morgan fingerprint density at radius 2 is 1.87 bits per heavy atom. The van der Waals surface area contributed by atoms with Gasteiger partial charge >= 0.3 is 0 Å². The van der Waals surface area contributed by atoms with Crippen molar-refractivity contribution in [1.82, 2.24) is 35.5 Å².